The van der Waals surface area contributed by atoms with Crippen LogP contribution in [0, 0.1) is 0 Å². The lowest BCUT2D eigenvalue weighted by Gasteiger charge is -2.30. The summed E-state index contributed by atoms with van der Waals surface area (Å²) in [5.74, 6) is 1.84. The van der Waals surface area contributed by atoms with Gasteiger partial charge < -0.3 is 29.4 Å². The number of nitrogens with one attached hydrogen (secondary N) is 2. The van der Waals surface area contributed by atoms with E-state index < -0.39 is 0 Å². The molecule has 2 N–H and O–H groups in total. The van der Waals surface area contributed by atoms with E-state index in [0.29, 0.717) is 40.6 Å². The maximum atomic E-state index is 13.5. The number of nitrogens with zero attached hydrogens (tertiary/aromatic N) is 2. The molecule has 3 aromatic rings. The van der Waals surface area contributed by atoms with Gasteiger partial charge in [0.15, 0.2) is 11.5 Å². The van der Waals surface area contributed by atoms with Crippen LogP contribution in [0.15, 0.2) is 47.3 Å². The summed E-state index contributed by atoms with van der Waals surface area (Å²) in [6, 6.07) is 12.7. The van der Waals surface area contributed by atoms with Gasteiger partial charge in [0.2, 0.25) is 6.79 Å². The Morgan fingerprint density at radius 3 is 2.83 bits per heavy atom. The summed E-state index contributed by atoms with van der Waals surface area (Å²) >= 11 is 0. The summed E-state index contributed by atoms with van der Waals surface area (Å²) in [5.41, 5.74) is 1.53. The minimum absolute atomic E-state index is 0.162. The summed E-state index contributed by atoms with van der Waals surface area (Å²) in [7, 11) is 1.57. The second-order valence-electron chi connectivity index (χ2n) is 8.85. The molecule has 1 aromatic heterocycles. The lowest BCUT2D eigenvalue weighted by atomic mass is 10.1. The first-order chi connectivity index (χ1) is 17.1. The number of hydrogen-bond donors (Lipinski definition) is 2. The lowest BCUT2D eigenvalue weighted by Crippen LogP contribution is -2.45. The molecule has 9 nitrogen and oxygen atoms in total. The molecule has 0 saturated carbocycles. The second kappa shape index (κ2) is 9.87. The SMILES string of the molecule is CCN1CCC[C@H]1CN(Cc1cc2cc3c(cc2[nH]c1=O)OCO3)C(=O)Nc1ccccc1OC. The molecule has 184 valence electrons. The number of benzene rings is 2. The van der Waals surface area contributed by atoms with Gasteiger partial charge in [-0.15, -0.1) is 0 Å². The number of carbonyl (C=O) groups is 1. The number of para-hydroxylation sites is 2. The van der Waals surface area contributed by atoms with Crippen molar-refractivity contribution in [1.82, 2.24) is 14.8 Å². The largest absolute Gasteiger partial charge is 0.495 e. The summed E-state index contributed by atoms with van der Waals surface area (Å²) in [5, 5.41) is 3.80. The van der Waals surface area contributed by atoms with Crippen molar-refractivity contribution < 1.29 is 19.0 Å². The Balaban J connectivity index is 1.44. The predicted molar refractivity (Wildman–Crippen MR) is 133 cm³/mol. The molecule has 5 rings (SSSR count). The summed E-state index contributed by atoms with van der Waals surface area (Å²) in [6.07, 6.45) is 2.12. The normalized spacial score (nSPS) is 17.0. The molecular formula is C26H30N4O5. The van der Waals surface area contributed by atoms with E-state index in [4.69, 9.17) is 14.2 Å². The molecule has 9 heteroatoms. The molecule has 1 atom stereocenters. The fraction of sp³-hybridized carbons (Fsp3) is 0.385. The number of anilines is 1. The van der Waals surface area contributed by atoms with Crippen molar-refractivity contribution in [3.63, 3.8) is 0 Å². The minimum Gasteiger partial charge on any atom is -0.495 e. The highest BCUT2D eigenvalue weighted by Crippen LogP contribution is 2.35. The molecule has 2 amide bonds. The fourth-order valence-corrected chi connectivity index (χ4v) is 4.90. The Hall–Kier alpha value is -3.72. The monoisotopic (exact) mass is 478 g/mol. The average Bonchev–Trinajstić information content (AvgIpc) is 3.51. The maximum absolute atomic E-state index is 13.5. The number of urea groups is 1. The topological polar surface area (TPSA) is 96.1 Å². The van der Waals surface area contributed by atoms with Crippen molar-refractivity contribution in [2.75, 3.05) is 38.9 Å². The van der Waals surface area contributed by atoms with Crippen LogP contribution in [-0.4, -0.2) is 60.4 Å². The summed E-state index contributed by atoms with van der Waals surface area (Å²) < 4.78 is 16.3. The molecule has 35 heavy (non-hydrogen) atoms. The van der Waals surface area contributed by atoms with Crippen LogP contribution in [0.25, 0.3) is 10.9 Å². The number of carbonyl (C=O) groups excluding carboxylic acids is 1. The van der Waals surface area contributed by atoms with Crippen LogP contribution >= 0.6 is 0 Å². The first kappa shape index (κ1) is 23.0. The van der Waals surface area contributed by atoms with Crippen LogP contribution in [0.1, 0.15) is 25.3 Å². The van der Waals surface area contributed by atoms with Crippen molar-refractivity contribution in [2.45, 2.75) is 32.4 Å². The zero-order valence-electron chi connectivity index (χ0n) is 20.0. The number of pyridine rings is 1. The van der Waals surface area contributed by atoms with Gasteiger partial charge in [0.05, 0.1) is 24.9 Å². The number of methoxy groups -OCH3 is 1. The van der Waals surface area contributed by atoms with E-state index in [1.54, 1.807) is 30.2 Å². The Kier molecular flexibility index (Phi) is 6.50. The predicted octanol–water partition coefficient (Wildman–Crippen LogP) is 3.78. The van der Waals surface area contributed by atoms with Crippen LogP contribution in [0.5, 0.6) is 17.2 Å². The third-order valence-corrected chi connectivity index (χ3v) is 6.75. The first-order valence-corrected chi connectivity index (χ1v) is 11.9. The van der Waals surface area contributed by atoms with E-state index in [1.165, 1.54) is 0 Å². The van der Waals surface area contributed by atoms with E-state index in [-0.39, 0.29) is 31.0 Å². The number of likely N-dealkylation sites (tertiary alicyclic amines) is 1. The zero-order chi connectivity index (χ0) is 24.4. The summed E-state index contributed by atoms with van der Waals surface area (Å²) in [6.45, 7) is 4.94. The standard InChI is InChI=1S/C26H30N4O5/c1-3-29-10-6-7-19(29)15-30(26(32)28-20-8-4-5-9-22(20)33-2)14-18-11-17-12-23-24(35-16-34-23)13-21(17)27-25(18)31/h4-5,8-9,11-13,19H,3,6-7,10,14-16H2,1-2H3,(H,27,31)(H,28,32)/t19-/m0/s1. The number of aromatic amines is 1. The Labute approximate surface area is 203 Å². The van der Waals surface area contributed by atoms with Crippen molar-refractivity contribution in [1.29, 1.82) is 0 Å². The third kappa shape index (κ3) is 4.77. The number of H-pyrrole nitrogens is 1. The number of ether oxygens (including phenoxy) is 3. The van der Waals surface area contributed by atoms with Crippen LogP contribution in [0.3, 0.4) is 0 Å². The molecule has 0 unspecified atom stereocenters. The molecule has 1 saturated heterocycles. The van der Waals surface area contributed by atoms with E-state index in [0.717, 1.165) is 31.3 Å². The lowest BCUT2D eigenvalue weighted by molar-refractivity contribution is 0.174. The number of fused-ring (bicyclic) bond motifs is 2. The van der Waals surface area contributed by atoms with Gasteiger partial charge in [-0.3, -0.25) is 9.69 Å². The van der Waals surface area contributed by atoms with Gasteiger partial charge in [-0.25, -0.2) is 4.79 Å². The Bertz CT molecular complexity index is 1290. The number of hydrogen-bond acceptors (Lipinski definition) is 6. The van der Waals surface area contributed by atoms with E-state index in [9.17, 15) is 9.59 Å². The summed E-state index contributed by atoms with van der Waals surface area (Å²) in [4.78, 5) is 33.5. The Morgan fingerprint density at radius 2 is 2.03 bits per heavy atom. The molecular weight excluding hydrogens is 448 g/mol. The highest BCUT2D eigenvalue weighted by Gasteiger charge is 2.28. The quantitative estimate of drug-likeness (QED) is 0.537. The van der Waals surface area contributed by atoms with Gasteiger partial charge >= 0.3 is 6.03 Å². The van der Waals surface area contributed by atoms with E-state index >= 15 is 0 Å². The molecule has 0 bridgehead atoms. The van der Waals surface area contributed by atoms with Crippen molar-refractivity contribution in [2.24, 2.45) is 0 Å². The van der Waals surface area contributed by atoms with Crippen molar-refractivity contribution in [3.05, 3.63) is 58.4 Å². The number of amides is 2. The molecule has 0 aliphatic carbocycles. The van der Waals surface area contributed by atoms with Crippen LogP contribution in [-0.2, 0) is 6.54 Å². The van der Waals surface area contributed by atoms with Crippen molar-refractivity contribution >= 4 is 22.6 Å². The first-order valence-electron chi connectivity index (χ1n) is 11.9. The molecule has 2 aliphatic heterocycles. The van der Waals surface area contributed by atoms with Gasteiger partial charge in [-0.2, -0.15) is 0 Å². The fourth-order valence-electron chi connectivity index (χ4n) is 4.90. The van der Waals surface area contributed by atoms with Gasteiger partial charge in [0, 0.05) is 29.6 Å². The van der Waals surface area contributed by atoms with Crippen LogP contribution in [0.2, 0.25) is 0 Å². The van der Waals surface area contributed by atoms with Crippen LogP contribution in [0.4, 0.5) is 10.5 Å². The molecule has 1 fully saturated rings. The smallest absolute Gasteiger partial charge is 0.322 e. The number of rotatable bonds is 7. The van der Waals surface area contributed by atoms with E-state index in [2.05, 4.69) is 22.1 Å². The highest BCUT2D eigenvalue weighted by atomic mass is 16.7. The molecule has 2 aliphatic rings. The van der Waals surface area contributed by atoms with Gasteiger partial charge in [-0.1, -0.05) is 19.1 Å². The molecule has 0 radical (unpaired) electrons. The van der Waals surface area contributed by atoms with Gasteiger partial charge in [0.25, 0.3) is 5.56 Å². The second-order valence-corrected chi connectivity index (χ2v) is 8.85. The maximum Gasteiger partial charge on any atom is 0.322 e. The molecule has 0 spiro atoms. The average molecular weight is 479 g/mol. The van der Waals surface area contributed by atoms with Gasteiger partial charge in [-0.05, 0) is 50.2 Å². The van der Waals surface area contributed by atoms with Gasteiger partial charge in [0.1, 0.15) is 5.75 Å². The Morgan fingerprint density at radius 1 is 1.23 bits per heavy atom. The number of likely N-dealkylation sites (N-methyl/N-ethyl adjacent to an activating group) is 1. The zero-order valence-corrected chi connectivity index (χ0v) is 20.0. The van der Waals surface area contributed by atoms with Crippen LogP contribution < -0.4 is 25.1 Å². The molecule has 2 aromatic carbocycles. The minimum atomic E-state index is -0.275. The van der Waals surface area contributed by atoms with Crippen molar-refractivity contribution in [3.8, 4) is 17.2 Å². The van der Waals surface area contributed by atoms with E-state index in [1.807, 2.05) is 24.3 Å². The third-order valence-electron chi connectivity index (χ3n) is 6.75. The molecule has 3 heterocycles. The number of aromatic nitrogens is 1. The highest BCUT2D eigenvalue weighted by molar-refractivity contribution is 5.91.